The Kier molecular flexibility index (Phi) is 4.66. The highest BCUT2D eigenvalue weighted by Crippen LogP contribution is 2.54. The predicted octanol–water partition coefficient (Wildman–Crippen LogP) is 6.49. The molecule has 4 nitrogen and oxygen atoms in total. The number of nitrogens with one attached hydrogen (secondary N) is 1. The first-order chi connectivity index (χ1) is 15.3. The maximum Gasteiger partial charge on any atom is 0.172 e. The second-order valence-corrected chi connectivity index (χ2v) is 9.02. The van der Waals surface area contributed by atoms with Crippen molar-refractivity contribution in [1.82, 2.24) is 0 Å². The Bertz CT molecular complexity index is 1260. The largest absolute Gasteiger partial charge is 0.504 e. The number of hydrogen-bond donors (Lipinski definition) is 2. The Labute approximate surface area is 187 Å². The molecule has 2 N–H and O–H groups in total. The van der Waals surface area contributed by atoms with Gasteiger partial charge in [-0.15, -0.1) is 0 Å². The smallest absolute Gasteiger partial charge is 0.172 e. The Balaban J connectivity index is 1.77. The minimum atomic E-state index is -0.398. The zero-order valence-electron chi connectivity index (χ0n) is 18.6. The van der Waals surface area contributed by atoms with E-state index < -0.39 is 6.10 Å². The highest BCUT2D eigenvalue weighted by molar-refractivity contribution is 5.92. The van der Waals surface area contributed by atoms with E-state index in [0.29, 0.717) is 29.0 Å². The van der Waals surface area contributed by atoms with E-state index in [0.717, 1.165) is 28.0 Å². The zero-order valence-corrected chi connectivity index (χ0v) is 18.6. The normalized spacial score (nSPS) is 17.8. The second-order valence-electron chi connectivity index (χ2n) is 9.02. The minimum Gasteiger partial charge on any atom is -0.504 e. The summed E-state index contributed by atoms with van der Waals surface area (Å²) in [5, 5.41) is 14.0. The molecule has 32 heavy (non-hydrogen) atoms. The number of anilines is 1. The summed E-state index contributed by atoms with van der Waals surface area (Å²) in [7, 11) is 1.54. The number of phenols is 1. The van der Waals surface area contributed by atoms with Crippen molar-refractivity contribution in [2.24, 2.45) is 0 Å². The molecule has 0 fully saturated rings. The summed E-state index contributed by atoms with van der Waals surface area (Å²) >= 11 is 0. The lowest BCUT2D eigenvalue weighted by atomic mass is 9.80. The molecule has 0 aliphatic carbocycles. The van der Waals surface area contributed by atoms with Crippen molar-refractivity contribution in [2.75, 3.05) is 12.4 Å². The Morgan fingerprint density at radius 1 is 1.09 bits per heavy atom. The van der Waals surface area contributed by atoms with Gasteiger partial charge in [0.1, 0.15) is 17.7 Å². The molecule has 3 aromatic rings. The molecule has 2 heterocycles. The molecule has 3 aromatic carbocycles. The quantitative estimate of drug-likeness (QED) is 0.498. The van der Waals surface area contributed by atoms with Gasteiger partial charge in [-0.3, -0.25) is 0 Å². The van der Waals surface area contributed by atoms with E-state index in [-0.39, 0.29) is 17.1 Å². The summed E-state index contributed by atoms with van der Waals surface area (Å²) in [6.07, 6.45) is 2.19. The van der Waals surface area contributed by atoms with Crippen molar-refractivity contribution in [3.05, 3.63) is 77.1 Å². The van der Waals surface area contributed by atoms with Gasteiger partial charge in [0, 0.05) is 23.2 Å². The number of methoxy groups -OCH3 is 1. The Morgan fingerprint density at radius 3 is 2.62 bits per heavy atom. The average Bonchev–Trinajstić information content (AvgIpc) is 2.74. The van der Waals surface area contributed by atoms with Gasteiger partial charge >= 0.3 is 0 Å². The van der Waals surface area contributed by atoms with Crippen LogP contribution in [-0.4, -0.2) is 17.8 Å². The zero-order chi connectivity index (χ0) is 22.6. The standard InChI is InChI=1S/C27H26FNO3/c1-15-14-27(2,3)29-19-10-9-17-24(23(15)19)22(13-16-7-5-6-8-18(16)28)32-21-12-11-20(30)26(31-4)25(17)21/h5-12,14,22,29-30H,13H2,1-4H3. The summed E-state index contributed by atoms with van der Waals surface area (Å²) in [5.74, 6) is 0.790. The number of phenolic OH excluding ortho intramolecular Hbond substituents is 1. The predicted molar refractivity (Wildman–Crippen MR) is 125 cm³/mol. The fraction of sp³-hybridized carbons (Fsp3) is 0.259. The lowest BCUT2D eigenvalue weighted by Gasteiger charge is -2.37. The summed E-state index contributed by atoms with van der Waals surface area (Å²) < 4.78 is 26.6. The molecule has 0 aromatic heterocycles. The lowest BCUT2D eigenvalue weighted by molar-refractivity contribution is 0.199. The molecule has 1 unspecified atom stereocenters. The molecule has 0 amide bonds. The molecule has 0 bridgehead atoms. The number of allylic oxidation sites excluding steroid dienone is 1. The van der Waals surface area contributed by atoms with Gasteiger partial charge in [-0.2, -0.15) is 0 Å². The third-order valence-corrected chi connectivity index (χ3v) is 6.20. The first kappa shape index (κ1) is 20.4. The van der Waals surface area contributed by atoms with Crippen molar-refractivity contribution in [3.8, 4) is 28.4 Å². The summed E-state index contributed by atoms with van der Waals surface area (Å²) in [4.78, 5) is 0. The monoisotopic (exact) mass is 431 g/mol. The molecule has 2 aliphatic heterocycles. The number of aromatic hydroxyl groups is 1. The number of benzene rings is 3. The number of fused-ring (bicyclic) bond motifs is 5. The Morgan fingerprint density at radius 2 is 1.88 bits per heavy atom. The van der Waals surface area contributed by atoms with Crippen molar-refractivity contribution in [3.63, 3.8) is 0 Å². The molecule has 164 valence electrons. The van der Waals surface area contributed by atoms with Crippen molar-refractivity contribution in [2.45, 2.75) is 38.8 Å². The van der Waals surface area contributed by atoms with Gasteiger partial charge in [0.2, 0.25) is 0 Å². The van der Waals surface area contributed by atoms with Gasteiger partial charge < -0.3 is 19.9 Å². The van der Waals surface area contributed by atoms with E-state index >= 15 is 0 Å². The van der Waals surface area contributed by atoms with E-state index in [1.165, 1.54) is 13.2 Å². The van der Waals surface area contributed by atoms with Crippen LogP contribution in [-0.2, 0) is 6.42 Å². The lowest BCUT2D eigenvalue weighted by Crippen LogP contribution is -2.32. The summed E-state index contributed by atoms with van der Waals surface area (Å²) in [5.41, 5.74) is 6.22. The molecular formula is C27H26FNO3. The fourth-order valence-corrected chi connectivity index (χ4v) is 5.03. The second kappa shape index (κ2) is 7.30. The number of ether oxygens (including phenoxy) is 2. The highest BCUT2D eigenvalue weighted by Gasteiger charge is 2.36. The number of hydrogen-bond acceptors (Lipinski definition) is 4. The maximum absolute atomic E-state index is 14.6. The van der Waals surface area contributed by atoms with E-state index in [9.17, 15) is 9.50 Å². The van der Waals surface area contributed by atoms with Crippen LogP contribution in [0.1, 0.15) is 43.6 Å². The van der Waals surface area contributed by atoms with Crippen molar-refractivity contribution >= 4 is 11.3 Å². The van der Waals surface area contributed by atoms with Crippen LogP contribution in [0.25, 0.3) is 16.7 Å². The molecule has 1 atom stereocenters. The van der Waals surface area contributed by atoms with Crippen LogP contribution in [0.3, 0.4) is 0 Å². The van der Waals surface area contributed by atoms with Crippen molar-refractivity contribution in [1.29, 1.82) is 0 Å². The number of rotatable bonds is 3. The maximum atomic E-state index is 14.6. The van der Waals surface area contributed by atoms with Crippen LogP contribution in [0.15, 0.2) is 54.6 Å². The summed E-state index contributed by atoms with van der Waals surface area (Å²) in [6, 6.07) is 14.2. The SMILES string of the molecule is COc1c(O)ccc2c1-c1ccc3c(c1C(Cc1ccccc1F)O2)C(C)=CC(C)(C)N3. The van der Waals surface area contributed by atoms with E-state index in [1.807, 2.05) is 12.1 Å². The molecule has 2 aliphatic rings. The third-order valence-electron chi connectivity index (χ3n) is 6.20. The summed E-state index contributed by atoms with van der Waals surface area (Å²) in [6.45, 7) is 6.35. The van der Waals surface area contributed by atoms with Gasteiger partial charge in [-0.1, -0.05) is 30.3 Å². The molecule has 0 saturated carbocycles. The molecule has 0 spiro atoms. The van der Waals surface area contributed by atoms with Crippen LogP contribution in [0.5, 0.6) is 17.2 Å². The number of halogens is 1. The third kappa shape index (κ3) is 3.20. The van der Waals surface area contributed by atoms with Gasteiger partial charge in [-0.25, -0.2) is 4.39 Å². The van der Waals surface area contributed by atoms with Crippen LogP contribution in [0.4, 0.5) is 10.1 Å². The van der Waals surface area contributed by atoms with Gasteiger partial charge in [0.15, 0.2) is 11.5 Å². The molecule has 5 heteroatoms. The topological polar surface area (TPSA) is 50.7 Å². The van der Waals surface area contributed by atoms with Crippen LogP contribution >= 0.6 is 0 Å². The minimum absolute atomic E-state index is 0.0533. The fourth-order valence-electron chi connectivity index (χ4n) is 5.03. The molecular weight excluding hydrogens is 405 g/mol. The first-order valence-electron chi connectivity index (χ1n) is 10.7. The molecule has 0 radical (unpaired) electrons. The van der Waals surface area contributed by atoms with Gasteiger partial charge in [0.25, 0.3) is 0 Å². The Hall–Kier alpha value is -3.47. The first-order valence-corrected chi connectivity index (χ1v) is 10.7. The van der Waals surface area contributed by atoms with E-state index in [1.54, 1.807) is 24.3 Å². The highest BCUT2D eigenvalue weighted by atomic mass is 19.1. The molecule has 0 saturated heterocycles. The van der Waals surface area contributed by atoms with Gasteiger partial charge in [0.05, 0.1) is 18.2 Å². The van der Waals surface area contributed by atoms with E-state index in [4.69, 9.17) is 9.47 Å². The van der Waals surface area contributed by atoms with Crippen LogP contribution in [0.2, 0.25) is 0 Å². The van der Waals surface area contributed by atoms with E-state index in [2.05, 4.69) is 38.2 Å². The van der Waals surface area contributed by atoms with Crippen LogP contribution < -0.4 is 14.8 Å². The van der Waals surface area contributed by atoms with Crippen LogP contribution in [0, 0.1) is 5.82 Å². The average molecular weight is 432 g/mol. The van der Waals surface area contributed by atoms with Crippen molar-refractivity contribution < 1.29 is 19.0 Å². The van der Waals surface area contributed by atoms with Gasteiger partial charge in [-0.05, 0) is 61.7 Å². The molecule has 5 rings (SSSR count).